The third-order valence-electron chi connectivity index (χ3n) is 4.12. The molecule has 0 saturated heterocycles. The summed E-state index contributed by atoms with van der Waals surface area (Å²) in [6.07, 6.45) is 6.94. The molecule has 0 amide bonds. The number of ether oxygens (including phenoxy) is 1. The zero-order chi connectivity index (χ0) is 14.2. The number of rotatable bonds is 7. The number of aliphatic carboxylic acids is 1. The first-order chi connectivity index (χ1) is 9.75. The SMILES string of the molecule is O=C(O)C(COCc1ccccc1)CC1CCCCC1. The van der Waals surface area contributed by atoms with E-state index in [4.69, 9.17) is 4.74 Å². The second kappa shape index (κ2) is 8.05. The van der Waals surface area contributed by atoms with Gasteiger partial charge in [-0.1, -0.05) is 62.4 Å². The quantitative estimate of drug-likeness (QED) is 0.822. The fraction of sp³-hybridized carbons (Fsp3) is 0.588. The van der Waals surface area contributed by atoms with Crippen LogP contribution in [-0.2, 0) is 16.1 Å². The Labute approximate surface area is 121 Å². The van der Waals surface area contributed by atoms with Gasteiger partial charge in [0.1, 0.15) is 0 Å². The number of carbonyl (C=O) groups is 1. The number of hydrogen-bond acceptors (Lipinski definition) is 2. The van der Waals surface area contributed by atoms with Crippen LogP contribution in [0.25, 0.3) is 0 Å². The molecule has 1 aromatic carbocycles. The van der Waals surface area contributed by atoms with Crippen LogP contribution in [0.4, 0.5) is 0 Å². The van der Waals surface area contributed by atoms with Crippen LogP contribution in [0.1, 0.15) is 44.1 Å². The second-order valence-electron chi connectivity index (χ2n) is 5.78. The number of hydrogen-bond donors (Lipinski definition) is 1. The van der Waals surface area contributed by atoms with E-state index in [2.05, 4.69) is 0 Å². The van der Waals surface area contributed by atoms with Crippen molar-refractivity contribution in [2.45, 2.75) is 45.1 Å². The van der Waals surface area contributed by atoms with Gasteiger partial charge in [0.15, 0.2) is 0 Å². The van der Waals surface area contributed by atoms with Gasteiger partial charge >= 0.3 is 5.97 Å². The molecule has 1 aromatic rings. The summed E-state index contributed by atoms with van der Waals surface area (Å²) >= 11 is 0. The first-order valence-electron chi connectivity index (χ1n) is 7.60. The van der Waals surface area contributed by atoms with Crippen molar-refractivity contribution in [2.24, 2.45) is 11.8 Å². The van der Waals surface area contributed by atoms with E-state index in [1.54, 1.807) is 0 Å². The molecule has 1 unspecified atom stereocenters. The third-order valence-corrected chi connectivity index (χ3v) is 4.12. The zero-order valence-electron chi connectivity index (χ0n) is 12.0. The summed E-state index contributed by atoms with van der Waals surface area (Å²) in [6, 6.07) is 9.89. The van der Waals surface area contributed by atoms with Crippen LogP contribution in [0, 0.1) is 11.8 Å². The Balaban J connectivity index is 1.75. The molecule has 3 heteroatoms. The van der Waals surface area contributed by atoms with Gasteiger partial charge in [0.25, 0.3) is 0 Å². The van der Waals surface area contributed by atoms with E-state index < -0.39 is 5.97 Å². The zero-order valence-corrected chi connectivity index (χ0v) is 12.0. The fourth-order valence-corrected chi connectivity index (χ4v) is 2.96. The fourth-order valence-electron chi connectivity index (χ4n) is 2.96. The average Bonchev–Trinajstić information content (AvgIpc) is 2.48. The van der Waals surface area contributed by atoms with Crippen molar-refractivity contribution in [2.75, 3.05) is 6.61 Å². The molecule has 1 aliphatic carbocycles. The molecule has 0 spiro atoms. The molecule has 1 N–H and O–H groups in total. The molecule has 0 aliphatic heterocycles. The lowest BCUT2D eigenvalue weighted by Gasteiger charge is -2.24. The van der Waals surface area contributed by atoms with E-state index in [0.717, 1.165) is 12.0 Å². The molecule has 2 rings (SSSR count). The summed E-state index contributed by atoms with van der Waals surface area (Å²) in [5, 5.41) is 9.32. The summed E-state index contributed by atoms with van der Waals surface area (Å²) in [5.41, 5.74) is 1.09. The first-order valence-corrected chi connectivity index (χ1v) is 7.60. The van der Waals surface area contributed by atoms with E-state index in [0.29, 0.717) is 19.1 Å². The standard InChI is InChI=1S/C17H24O3/c18-17(19)16(11-14-7-3-1-4-8-14)13-20-12-15-9-5-2-6-10-15/h2,5-6,9-10,14,16H,1,3-4,7-8,11-13H2,(H,18,19). The van der Waals surface area contributed by atoms with Crippen molar-refractivity contribution in [3.63, 3.8) is 0 Å². The lowest BCUT2D eigenvalue weighted by Crippen LogP contribution is -2.24. The first kappa shape index (κ1) is 15.0. The highest BCUT2D eigenvalue weighted by molar-refractivity contribution is 5.70. The minimum atomic E-state index is -0.719. The van der Waals surface area contributed by atoms with Crippen LogP contribution < -0.4 is 0 Å². The maximum absolute atomic E-state index is 11.3. The summed E-state index contributed by atoms with van der Waals surface area (Å²) < 4.78 is 5.60. The smallest absolute Gasteiger partial charge is 0.308 e. The van der Waals surface area contributed by atoms with E-state index in [1.807, 2.05) is 30.3 Å². The molecular weight excluding hydrogens is 252 g/mol. The van der Waals surface area contributed by atoms with Crippen molar-refractivity contribution in [3.05, 3.63) is 35.9 Å². The second-order valence-corrected chi connectivity index (χ2v) is 5.78. The summed E-state index contributed by atoms with van der Waals surface area (Å²) in [5.74, 6) is -0.504. The molecule has 0 bridgehead atoms. The molecule has 0 radical (unpaired) electrons. The largest absolute Gasteiger partial charge is 0.481 e. The van der Waals surface area contributed by atoms with Crippen LogP contribution in [0.3, 0.4) is 0 Å². The van der Waals surface area contributed by atoms with Gasteiger partial charge in [0.2, 0.25) is 0 Å². The minimum absolute atomic E-state index is 0.320. The Morgan fingerprint density at radius 3 is 2.55 bits per heavy atom. The van der Waals surface area contributed by atoms with Crippen LogP contribution in [0.2, 0.25) is 0 Å². The van der Waals surface area contributed by atoms with Crippen molar-refractivity contribution in [3.8, 4) is 0 Å². The van der Waals surface area contributed by atoms with Crippen molar-refractivity contribution >= 4 is 5.97 Å². The van der Waals surface area contributed by atoms with Gasteiger partial charge in [-0.2, -0.15) is 0 Å². The molecule has 0 heterocycles. The lowest BCUT2D eigenvalue weighted by molar-refractivity contribution is -0.145. The highest BCUT2D eigenvalue weighted by Crippen LogP contribution is 2.29. The van der Waals surface area contributed by atoms with Gasteiger partial charge in [0, 0.05) is 0 Å². The van der Waals surface area contributed by atoms with Crippen molar-refractivity contribution in [1.29, 1.82) is 0 Å². The Morgan fingerprint density at radius 2 is 1.90 bits per heavy atom. The highest BCUT2D eigenvalue weighted by Gasteiger charge is 2.24. The Bertz CT molecular complexity index is 396. The van der Waals surface area contributed by atoms with Gasteiger partial charge < -0.3 is 9.84 Å². The molecule has 20 heavy (non-hydrogen) atoms. The van der Waals surface area contributed by atoms with Crippen molar-refractivity contribution < 1.29 is 14.6 Å². The number of carboxylic acid groups (broad SMARTS) is 1. The van der Waals surface area contributed by atoms with Gasteiger partial charge in [0.05, 0.1) is 19.1 Å². The monoisotopic (exact) mass is 276 g/mol. The van der Waals surface area contributed by atoms with Gasteiger partial charge in [-0.25, -0.2) is 0 Å². The van der Waals surface area contributed by atoms with Crippen LogP contribution in [-0.4, -0.2) is 17.7 Å². The Morgan fingerprint density at radius 1 is 1.20 bits per heavy atom. The number of carboxylic acids is 1. The predicted molar refractivity (Wildman–Crippen MR) is 78.4 cm³/mol. The van der Waals surface area contributed by atoms with Crippen LogP contribution in [0.5, 0.6) is 0 Å². The van der Waals surface area contributed by atoms with E-state index in [-0.39, 0.29) is 5.92 Å². The Hall–Kier alpha value is -1.35. The average molecular weight is 276 g/mol. The van der Waals surface area contributed by atoms with E-state index in [1.165, 1.54) is 32.1 Å². The number of benzene rings is 1. The third kappa shape index (κ3) is 4.97. The summed E-state index contributed by atoms with van der Waals surface area (Å²) in [7, 11) is 0. The minimum Gasteiger partial charge on any atom is -0.481 e. The van der Waals surface area contributed by atoms with Gasteiger partial charge in [-0.3, -0.25) is 4.79 Å². The molecule has 1 atom stereocenters. The van der Waals surface area contributed by atoms with Crippen molar-refractivity contribution in [1.82, 2.24) is 0 Å². The van der Waals surface area contributed by atoms with E-state index >= 15 is 0 Å². The molecular formula is C17H24O3. The van der Waals surface area contributed by atoms with Crippen LogP contribution >= 0.6 is 0 Å². The molecule has 3 nitrogen and oxygen atoms in total. The summed E-state index contributed by atoms with van der Waals surface area (Å²) in [6.45, 7) is 0.815. The highest BCUT2D eigenvalue weighted by atomic mass is 16.5. The van der Waals surface area contributed by atoms with E-state index in [9.17, 15) is 9.90 Å². The van der Waals surface area contributed by atoms with Crippen LogP contribution in [0.15, 0.2) is 30.3 Å². The molecule has 0 aromatic heterocycles. The normalized spacial score (nSPS) is 17.8. The molecule has 1 aliphatic rings. The lowest BCUT2D eigenvalue weighted by atomic mass is 9.83. The predicted octanol–water partition coefficient (Wildman–Crippen LogP) is 3.87. The molecule has 1 fully saturated rings. The maximum atomic E-state index is 11.3. The molecule has 110 valence electrons. The van der Waals surface area contributed by atoms with Gasteiger partial charge in [-0.15, -0.1) is 0 Å². The van der Waals surface area contributed by atoms with Gasteiger partial charge in [-0.05, 0) is 17.9 Å². The summed E-state index contributed by atoms with van der Waals surface area (Å²) in [4.78, 5) is 11.3. The topological polar surface area (TPSA) is 46.5 Å². The molecule has 1 saturated carbocycles. The maximum Gasteiger partial charge on any atom is 0.308 e. The Kier molecular flexibility index (Phi) is 6.06.